The summed E-state index contributed by atoms with van der Waals surface area (Å²) in [5.74, 6) is -1.20. The van der Waals surface area contributed by atoms with Crippen LogP contribution in [-0.2, 0) is 23.8 Å². The second-order valence-corrected chi connectivity index (χ2v) is 26.4. The van der Waals surface area contributed by atoms with Crippen LogP contribution in [0.5, 0.6) is 0 Å². The molecule has 1 aliphatic rings. The van der Waals surface area contributed by atoms with Crippen LogP contribution in [0.2, 0.25) is 0 Å². The minimum Gasteiger partial charge on any atom is -0.454 e. The second-order valence-electron chi connectivity index (χ2n) is 26.4. The average Bonchev–Trinajstić information content (AvgIpc) is 1.13. The lowest BCUT2D eigenvalue weighted by molar-refractivity contribution is -0.305. The van der Waals surface area contributed by atoms with Gasteiger partial charge < -0.3 is 45.1 Å². The molecule has 1 aliphatic heterocycles. The number of nitrogens with one attached hydrogen (secondary N) is 1. The SMILES string of the molecule is CC/C=C\C/C=C\C/C=C\C/C=C\C/C=C\C/C=C\CCCCCCCCC(=O)OC1C(OCC(NC(=O)C(O)CCCCCCCCCCCCCCCCCCCCCCCCCCCC)C(O)/C=C/CCCCCCCCCCC)OC(CO)C(O)C1O. The van der Waals surface area contributed by atoms with Gasteiger partial charge in [0.1, 0.15) is 24.4 Å². The summed E-state index contributed by atoms with van der Waals surface area (Å²) in [4.78, 5) is 26.7. The number of hydrogen-bond donors (Lipinski definition) is 6. The summed E-state index contributed by atoms with van der Waals surface area (Å²) in [5.41, 5.74) is 0. The summed E-state index contributed by atoms with van der Waals surface area (Å²) in [6.07, 6.45) is 79.3. The molecule has 0 radical (unpaired) electrons. The number of amides is 1. The van der Waals surface area contributed by atoms with E-state index in [1.54, 1.807) is 6.08 Å². The van der Waals surface area contributed by atoms with Crippen LogP contribution in [0.4, 0.5) is 0 Å². The van der Waals surface area contributed by atoms with E-state index in [0.29, 0.717) is 19.3 Å². The first-order chi connectivity index (χ1) is 44.7. The molecule has 6 N–H and O–H groups in total. The third kappa shape index (κ3) is 53.7. The Hall–Kier alpha value is -3.16. The largest absolute Gasteiger partial charge is 0.454 e. The van der Waals surface area contributed by atoms with Gasteiger partial charge in [-0.05, 0) is 77.0 Å². The number of esters is 1. The molecule has 1 saturated heterocycles. The number of aliphatic hydroxyl groups is 5. The zero-order chi connectivity index (χ0) is 66.0. The van der Waals surface area contributed by atoms with Crippen molar-refractivity contribution in [3.05, 3.63) is 85.1 Å². The highest BCUT2D eigenvalue weighted by atomic mass is 16.7. The van der Waals surface area contributed by atoms with Crippen molar-refractivity contribution in [2.75, 3.05) is 13.2 Å². The van der Waals surface area contributed by atoms with Crippen LogP contribution in [0, 0.1) is 0 Å². The van der Waals surface area contributed by atoms with Gasteiger partial charge in [-0.2, -0.15) is 0 Å². The molecule has 0 saturated carbocycles. The van der Waals surface area contributed by atoms with E-state index in [1.807, 2.05) is 6.08 Å². The van der Waals surface area contributed by atoms with Gasteiger partial charge in [0.05, 0.1) is 25.4 Å². The first kappa shape index (κ1) is 85.9. The third-order valence-corrected chi connectivity index (χ3v) is 17.8. The molecular formula is C80H143NO10. The van der Waals surface area contributed by atoms with Gasteiger partial charge in [0.2, 0.25) is 5.91 Å². The van der Waals surface area contributed by atoms with E-state index >= 15 is 0 Å². The summed E-state index contributed by atoms with van der Waals surface area (Å²) >= 11 is 0. The lowest BCUT2D eigenvalue weighted by Gasteiger charge is -2.41. The van der Waals surface area contributed by atoms with Gasteiger partial charge in [0.25, 0.3) is 0 Å². The molecule has 11 nitrogen and oxygen atoms in total. The first-order valence-corrected chi connectivity index (χ1v) is 38.4. The number of aliphatic hydroxyl groups excluding tert-OH is 5. The number of allylic oxidation sites excluding steroid dienone is 13. The molecule has 11 heteroatoms. The van der Waals surface area contributed by atoms with E-state index in [1.165, 1.54) is 186 Å². The zero-order valence-electron chi connectivity index (χ0n) is 59.0. The van der Waals surface area contributed by atoms with Crippen LogP contribution in [0.15, 0.2) is 85.1 Å². The number of carbonyl (C=O) groups excluding carboxylic acids is 2. The number of unbranched alkanes of at least 4 members (excludes halogenated alkanes) is 40. The normalized spacial score (nSPS) is 18.4. The summed E-state index contributed by atoms with van der Waals surface area (Å²) in [6.45, 7) is 5.71. The summed E-state index contributed by atoms with van der Waals surface area (Å²) in [6, 6.07) is -1.03. The van der Waals surface area contributed by atoms with E-state index in [0.717, 1.165) is 116 Å². The molecule has 0 spiro atoms. The summed E-state index contributed by atoms with van der Waals surface area (Å²) in [5, 5.41) is 57.3. The fourth-order valence-corrected chi connectivity index (χ4v) is 11.8. The van der Waals surface area contributed by atoms with Gasteiger partial charge in [-0.15, -0.1) is 0 Å². The van der Waals surface area contributed by atoms with E-state index in [9.17, 15) is 35.1 Å². The summed E-state index contributed by atoms with van der Waals surface area (Å²) in [7, 11) is 0. The highest BCUT2D eigenvalue weighted by Crippen LogP contribution is 2.26. The van der Waals surface area contributed by atoms with Gasteiger partial charge in [0.15, 0.2) is 12.4 Å². The molecule has 1 heterocycles. The van der Waals surface area contributed by atoms with Crippen molar-refractivity contribution in [3.63, 3.8) is 0 Å². The molecule has 0 aliphatic carbocycles. The molecule has 8 unspecified atom stereocenters. The Morgan fingerprint density at radius 2 is 0.791 bits per heavy atom. The van der Waals surface area contributed by atoms with Gasteiger partial charge in [-0.1, -0.05) is 350 Å². The van der Waals surface area contributed by atoms with Crippen molar-refractivity contribution in [2.45, 2.75) is 397 Å². The third-order valence-electron chi connectivity index (χ3n) is 17.8. The minimum atomic E-state index is -1.62. The molecule has 0 aromatic carbocycles. The van der Waals surface area contributed by atoms with Gasteiger partial charge in [-0.3, -0.25) is 9.59 Å². The van der Waals surface area contributed by atoms with Gasteiger partial charge in [-0.25, -0.2) is 0 Å². The molecule has 0 aromatic heterocycles. The number of ether oxygens (including phenoxy) is 3. The zero-order valence-corrected chi connectivity index (χ0v) is 59.0. The highest BCUT2D eigenvalue weighted by Gasteiger charge is 2.47. The maximum atomic E-state index is 13.5. The first-order valence-electron chi connectivity index (χ1n) is 38.4. The molecule has 1 fully saturated rings. The van der Waals surface area contributed by atoms with Crippen LogP contribution in [-0.4, -0.2) is 99.6 Å². The Morgan fingerprint density at radius 1 is 0.440 bits per heavy atom. The molecular weight excluding hydrogens is 1130 g/mol. The van der Waals surface area contributed by atoms with Crippen molar-refractivity contribution in [2.24, 2.45) is 0 Å². The molecule has 528 valence electrons. The van der Waals surface area contributed by atoms with Crippen LogP contribution in [0.25, 0.3) is 0 Å². The lowest BCUT2D eigenvalue weighted by atomic mass is 9.99. The van der Waals surface area contributed by atoms with E-state index in [-0.39, 0.29) is 13.0 Å². The monoisotopic (exact) mass is 1280 g/mol. The van der Waals surface area contributed by atoms with Crippen molar-refractivity contribution in [1.29, 1.82) is 0 Å². The second kappa shape index (κ2) is 66.8. The Labute approximate surface area is 559 Å². The average molecular weight is 1280 g/mol. The Bertz CT molecular complexity index is 1810. The highest BCUT2D eigenvalue weighted by molar-refractivity contribution is 5.80. The Kier molecular flexibility index (Phi) is 63.1. The molecule has 0 bridgehead atoms. The quantitative estimate of drug-likeness (QED) is 0.0195. The van der Waals surface area contributed by atoms with Crippen LogP contribution >= 0.6 is 0 Å². The fourth-order valence-electron chi connectivity index (χ4n) is 11.8. The van der Waals surface area contributed by atoms with Crippen LogP contribution < -0.4 is 5.32 Å². The smallest absolute Gasteiger partial charge is 0.306 e. The molecule has 1 amide bonds. The summed E-state index contributed by atoms with van der Waals surface area (Å²) < 4.78 is 17.7. The Balaban J connectivity index is 2.51. The predicted molar refractivity (Wildman–Crippen MR) is 384 cm³/mol. The number of rotatable bonds is 66. The molecule has 1 rings (SSSR count). The maximum absolute atomic E-state index is 13.5. The van der Waals surface area contributed by atoms with E-state index < -0.39 is 67.4 Å². The standard InChI is InChI=1S/C80H143NO10/c1-4-7-10-13-16-19-22-24-26-28-30-32-34-36-38-39-41-43-45-47-49-52-55-58-61-64-67-73(84)79(88)81-71(72(83)66-63-60-57-54-51-21-18-15-12-9-6-3)70-89-80-78(77(87)76(86)74(69-82)90-80)91-75(85)68-65-62-59-56-53-50-48-46-44-42-40-37-35-33-31-29-27-25-23-20-17-14-11-8-5-2/h8,11,17,20,25,27,31,33,37,40,44,46,63,66,71-74,76-78,80,82-84,86-87H,4-7,9-10,12-16,18-19,21-24,26,28-30,32,34-36,38-39,41-43,45,47-62,64-65,67-70H2,1-3H3,(H,81,88)/b11-8-,20-17-,27-25-,33-31-,40-37-,46-44-,66-63+. The fraction of sp³-hybridized carbons (Fsp3) is 0.800. The van der Waals surface area contributed by atoms with Gasteiger partial charge >= 0.3 is 5.97 Å². The van der Waals surface area contributed by atoms with E-state index in [2.05, 4.69) is 99.0 Å². The number of carbonyl (C=O) groups is 2. The minimum absolute atomic E-state index is 0.104. The van der Waals surface area contributed by atoms with Crippen LogP contribution in [0.3, 0.4) is 0 Å². The molecule has 8 atom stereocenters. The van der Waals surface area contributed by atoms with Crippen molar-refractivity contribution >= 4 is 11.9 Å². The van der Waals surface area contributed by atoms with Crippen LogP contribution in [0.1, 0.15) is 348 Å². The van der Waals surface area contributed by atoms with Crippen molar-refractivity contribution < 1.29 is 49.3 Å². The van der Waals surface area contributed by atoms with Crippen molar-refractivity contribution in [3.8, 4) is 0 Å². The van der Waals surface area contributed by atoms with Crippen molar-refractivity contribution in [1.82, 2.24) is 5.32 Å². The Morgan fingerprint density at radius 3 is 1.19 bits per heavy atom. The van der Waals surface area contributed by atoms with E-state index in [4.69, 9.17) is 14.2 Å². The number of hydrogen-bond acceptors (Lipinski definition) is 10. The lowest BCUT2D eigenvalue weighted by Crippen LogP contribution is -2.61. The maximum Gasteiger partial charge on any atom is 0.306 e. The molecule has 91 heavy (non-hydrogen) atoms. The predicted octanol–water partition coefficient (Wildman–Crippen LogP) is 20.4. The topological polar surface area (TPSA) is 175 Å². The van der Waals surface area contributed by atoms with Gasteiger partial charge in [0, 0.05) is 6.42 Å². The molecule has 0 aromatic rings.